The molecular weight excluding hydrogens is 308 g/mol. The molecule has 4 rings (SSSR count). The van der Waals surface area contributed by atoms with Gasteiger partial charge in [0.15, 0.2) is 0 Å². The van der Waals surface area contributed by atoms with Gasteiger partial charge in [-0.1, -0.05) is 65.9 Å². The number of hydrogen-bond acceptors (Lipinski definition) is 0. The van der Waals surface area contributed by atoms with Gasteiger partial charge in [-0.2, -0.15) is 0 Å². The van der Waals surface area contributed by atoms with Gasteiger partial charge in [0, 0.05) is 4.83 Å². The molecule has 1 aromatic carbocycles. The first kappa shape index (κ1) is 13.4. The Labute approximate surface area is 131 Å². The standard InChI is InChI=1S/C19H25Br/c20-19(18-16-7-4-8-17(16)18)15-11-9-14(10-12-15)13-5-2-1-3-6-13/h9-13,16-19H,1-8H2. The molecule has 1 heteroatoms. The van der Waals surface area contributed by atoms with E-state index in [1.54, 1.807) is 5.56 Å². The first-order valence-corrected chi connectivity index (χ1v) is 9.50. The van der Waals surface area contributed by atoms with E-state index >= 15 is 0 Å². The van der Waals surface area contributed by atoms with Crippen molar-refractivity contribution < 1.29 is 0 Å². The summed E-state index contributed by atoms with van der Waals surface area (Å²) in [7, 11) is 0. The molecule has 3 saturated carbocycles. The van der Waals surface area contributed by atoms with Crippen LogP contribution in [-0.2, 0) is 0 Å². The lowest BCUT2D eigenvalue weighted by Gasteiger charge is -2.22. The van der Waals surface area contributed by atoms with Gasteiger partial charge in [-0.15, -0.1) is 0 Å². The Balaban J connectivity index is 1.44. The molecule has 3 fully saturated rings. The van der Waals surface area contributed by atoms with Crippen LogP contribution in [0.1, 0.15) is 73.2 Å². The van der Waals surface area contributed by atoms with E-state index in [9.17, 15) is 0 Å². The van der Waals surface area contributed by atoms with Gasteiger partial charge in [-0.05, 0) is 60.5 Å². The van der Waals surface area contributed by atoms with Crippen LogP contribution >= 0.6 is 15.9 Å². The number of halogens is 1. The second kappa shape index (κ2) is 5.48. The zero-order valence-corrected chi connectivity index (χ0v) is 13.8. The fourth-order valence-corrected chi connectivity index (χ4v) is 6.01. The number of fused-ring (bicyclic) bond motifs is 1. The van der Waals surface area contributed by atoms with Crippen LogP contribution in [0.25, 0.3) is 0 Å². The van der Waals surface area contributed by atoms with Crippen molar-refractivity contribution in [3.63, 3.8) is 0 Å². The number of alkyl halides is 1. The lowest BCUT2D eigenvalue weighted by atomic mass is 9.84. The third-order valence-electron chi connectivity index (χ3n) is 6.14. The van der Waals surface area contributed by atoms with Crippen LogP contribution < -0.4 is 0 Å². The van der Waals surface area contributed by atoms with Crippen molar-refractivity contribution in [1.29, 1.82) is 0 Å². The molecule has 3 unspecified atom stereocenters. The number of hydrogen-bond donors (Lipinski definition) is 0. The van der Waals surface area contributed by atoms with Gasteiger partial charge in [0.1, 0.15) is 0 Å². The Kier molecular flexibility index (Phi) is 3.66. The summed E-state index contributed by atoms with van der Waals surface area (Å²) < 4.78 is 0. The van der Waals surface area contributed by atoms with Gasteiger partial charge in [-0.3, -0.25) is 0 Å². The average molecular weight is 333 g/mol. The first-order chi connectivity index (χ1) is 9.84. The fraction of sp³-hybridized carbons (Fsp3) is 0.684. The highest BCUT2D eigenvalue weighted by atomic mass is 79.9. The van der Waals surface area contributed by atoms with Crippen molar-refractivity contribution >= 4 is 15.9 Å². The molecule has 0 N–H and O–H groups in total. The summed E-state index contributed by atoms with van der Waals surface area (Å²) in [5.74, 6) is 3.85. The minimum absolute atomic E-state index is 0.609. The van der Waals surface area contributed by atoms with E-state index in [1.807, 2.05) is 0 Å². The summed E-state index contributed by atoms with van der Waals surface area (Å²) in [5, 5.41) is 0. The molecular formula is C19H25Br. The first-order valence-electron chi connectivity index (χ1n) is 8.58. The normalized spacial score (nSPS) is 34.8. The molecule has 108 valence electrons. The van der Waals surface area contributed by atoms with Crippen molar-refractivity contribution in [3.8, 4) is 0 Å². The minimum Gasteiger partial charge on any atom is -0.0836 e. The van der Waals surface area contributed by atoms with Gasteiger partial charge in [-0.25, -0.2) is 0 Å². The molecule has 0 nitrogen and oxygen atoms in total. The quantitative estimate of drug-likeness (QED) is 0.576. The summed E-state index contributed by atoms with van der Waals surface area (Å²) in [6.07, 6.45) is 11.6. The minimum atomic E-state index is 0.609. The molecule has 0 radical (unpaired) electrons. The van der Waals surface area contributed by atoms with Crippen LogP contribution in [0.2, 0.25) is 0 Å². The molecule has 0 saturated heterocycles. The van der Waals surface area contributed by atoms with E-state index in [1.165, 1.54) is 56.9 Å². The maximum atomic E-state index is 3.99. The SMILES string of the molecule is BrC(c1ccc(C2CCCCC2)cc1)C1C2CCCC21. The lowest BCUT2D eigenvalue weighted by Crippen LogP contribution is -2.05. The predicted molar refractivity (Wildman–Crippen MR) is 88.3 cm³/mol. The Morgan fingerprint density at radius 1 is 0.800 bits per heavy atom. The topological polar surface area (TPSA) is 0 Å². The molecule has 3 atom stereocenters. The zero-order chi connectivity index (χ0) is 13.5. The largest absolute Gasteiger partial charge is 0.0836 e. The second-order valence-corrected chi connectivity index (χ2v) is 8.23. The molecule has 1 aromatic rings. The highest BCUT2D eigenvalue weighted by Gasteiger charge is 2.55. The molecule has 0 aliphatic heterocycles. The van der Waals surface area contributed by atoms with E-state index in [4.69, 9.17) is 0 Å². The lowest BCUT2D eigenvalue weighted by molar-refractivity contribution is 0.443. The van der Waals surface area contributed by atoms with Crippen LogP contribution in [-0.4, -0.2) is 0 Å². The molecule has 3 aliphatic carbocycles. The summed E-state index contributed by atoms with van der Waals surface area (Å²) >= 11 is 3.99. The van der Waals surface area contributed by atoms with Gasteiger partial charge in [0.25, 0.3) is 0 Å². The zero-order valence-electron chi connectivity index (χ0n) is 12.2. The molecule has 3 aliphatic rings. The van der Waals surface area contributed by atoms with Crippen LogP contribution in [0.15, 0.2) is 24.3 Å². The Morgan fingerprint density at radius 2 is 1.45 bits per heavy atom. The third kappa shape index (κ3) is 2.36. The van der Waals surface area contributed by atoms with Gasteiger partial charge in [0.05, 0.1) is 0 Å². The van der Waals surface area contributed by atoms with Crippen molar-refractivity contribution in [2.45, 2.75) is 62.1 Å². The highest BCUT2D eigenvalue weighted by Crippen LogP contribution is 2.64. The maximum Gasteiger partial charge on any atom is 0.0429 e. The monoisotopic (exact) mass is 332 g/mol. The smallest absolute Gasteiger partial charge is 0.0429 e. The van der Waals surface area contributed by atoms with Crippen molar-refractivity contribution in [2.24, 2.45) is 17.8 Å². The summed E-state index contributed by atoms with van der Waals surface area (Å²) in [6.45, 7) is 0. The number of benzene rings is 1. The Morgan fingerprint density at radius 3 is 2.10 bits per heavy atom. The molecule has 20 heavy (non-hydrogen) atoms. The fourth-order valence-electron chi connectivity index (χ4n) is 4.92. The number of rotatable bonds is 3. The third-order valence-corrected chi connectivity index (χ3v) is 7.28. The van der Waals surface area contributed by atoms with Gasteiger partial charge < -0.3 is 0 Å². The maximum absolute atomic E-state index is 3.99. The summed E-state index contributed by atoms with van der Waals surface area (Å²) in [4.78, 5) is 0.609. The van der Waals surface area contributed by atoms with E-state index < -0.39 is 0 Å². The molecule has 0 heterocycles. The molecule has 0 aromatic heterocycles. The van der Waals surface area contributed by atoms with E-state index in [2.05, 4.69) is 40.2 Å². The van der Waals surface area contributed by atoms with Crippen molar-refractivity contribution in [3.05, 3.63) is 35.4 Å². The molecule has 0 amide bonds. The van der Waals surface area contributed by atoms with E-state index in [0.29, 0.717) is 4.83 Å². The van der Waals surface area contributed by atoms with Crippen LogP contribution in [0.5, 0.6) is 0 Å². The van der Waals surface area contributed by atoms with E-state index in [-0.39, 0.29) is 0 Å². The van der Waals surface area contributed by atoms with Crippen molar-refractivity contribution in [1.82, 2.24) is 0 Å². The van der Waals surface area contributed by atoms with Crippen molar-refractivity contribution in [2.75, 3.05) is 0 Å². The van der Waals surface area contributed by atoms with Gasteiger partial charge >= 0.3 is 0 Å². The van der Waals surface area contributed by atoms with Crippen LogP contribution in [0, 0.1) is 17.8 Å². The summed E-state index contributed by atoms with van der Waals surface area (Å²) in [6, 6.07) is 9.63. The van der Waals surface area contributed by atoms with E-state index in [0.717, 1.165) is 23.7 Å². The average Bonchev–Trinajstić information content (AvgIpc) is 2.99. The van der Waals surface area contributed by atoms with Crippen LogP contribution in [0.4, 0.5) is 0 Å². The predicted octanol–water partition coefficient (Wildman–Crippen LogP) is 6.22. The highest BCUT2D eigenvalue weighted by molar-refractivity contribution is 9.09. The Hall–Kier alpha value is -0.300. The van der Waals surface area contributed by atoms with Crippen LogP contribution in [0.3, 0.4) is 0 Å². The second-order valence-electron chi connectivity index (χ2n) is 7.24. The molecule has 0 bridgehead atoms. The molecule has 0 spiro atoms. The summed E-state index contributed by atoms with van der Waals surface area (Å²) in [5.41, 5.74) is 3.10. The Bertz CT molecular complexity index is 447. The van der Waals surface area contributed by atoms with Gasteiger partial charge in [0.2, 0.25) is 0 Å².